The summed E-state index contributed by atoms with van der Waals surface area (Å²) in [6.07, 6.45) is 4.39. The molecule has 0 radical (unpaired) electrons. The first kappa shape index (κ1) is 12.7. The largest absolute Gasteiger partial charge is 0.326 e. The van der Waals surface area contributed by atoms with Crippen molar-refractivity contribution in [1.29, 1.82) is 0 Å². The molecule has 2 fully saturated rings. The molecule has 3 nitrogen and oxygen atoms in total. The second-order valence-corrected chi connectivity index (χ2v) is 5.91. The topological polar surface area (TPSA) is 41.1 Å². The van der Waals surface area contributed by atoms with Crippen LogP contribution in [-0.2, 0) is 11.2 Å². The van der Waals surface area contributed by atoms with Gasteiger partial charge in [0.15, 0.2) is 0 Å². The molecule has 0 bridgehead atoms. The molecule has 0 aromatic heterocycles. The Morgan fingerprint density at radius 3 is 2.95 bits per heavy atom. The fraction of sp³-hybridized carbons (Fsp3) is 0.562. The highest BCUT2D eigenvalue weighted by atomic mass is 16.2. The van der Waals surface area contributed by atoms with Gasteiger partial charge >= 0.3 is 0 Å². The van der Waals surface area contributed by atoms with Crippen LogP contribution >= 0.6 is 0 Å². The van der Waals surface area contributed by atoms with Gasteiger partial charge in [0.1, 0.15) is 0 Å². The van der Waals surface area contributed by atoms with E-state index in [9.17, 15) is 4.79 Å². The number of hydrogen-bond donors (Lipinski definition) is 2. The van der Waals surface area contributed by atoms with Gasteiger partial charge in [-0.05, 0) is 61.9 Å². The molecule has 102 valence electrons. The van der Waals surface area contributed by atoms with Crippen LogP contribution in [0.5, 0.6) is 0 Å². The molecule has 1 heterocycles. The van der Waals surface area contributed by atoms with Crippen LogP contribution < -0.4 is 10.6 Å². The average molecular weight is 258 g/mol. The number of rotatable bonds is 3. The van der Waals surface area contributed by atoms with E-state index in [-0.39, 0.29) is 11.8 Å². The minimum atomic E-state index is 0.218. The Morgan fingerprint density at radius 2 is 2.21 bits per heavy atom. The van der Waals surface area contributed by atoms with E-state index in [4.69, 9.17) is 0 Å². The van der Waals surface area contributed by atoms with E-state index in [0.717, 1.165) is 44.5 Å². The van der Waals surface area contributed by atoms with Crippen molar-refractivity contribution < 1.29 is 4.79 Å². The highest BCUT2D eigenvalue weighted by Crippen LogP contribution is 2.58. The lowest BCUT2D eigenvalue weighted by atomic mass is 9.92. The monoisotopic (exact) mass is 258 g/mol. The maximum absolute atomic E-state index is 12.3. The Morgan fingerprint density at radius 1 is 1.42 bits per heavy atom. The number of carbonyl (C=O) groups is 1. The number of nitrogens with one attached hydrogen (secondary N) is 2. The number of aryl methyl sites for hydroxylation is 1. The Labute approximate surface area is 114 Å². The summed E-state index contributed by atoms with van der Waals surface area (Å²) in [7, 11) is 0. The molecule has 19 heavy (non-hydrogen) atoms. The molecule has 3 rings (SSSR count). The van der Waals surface area contributed by atoms with Crippen molar-refractivity contribution in [3.8, 4) is 0 Å². The van der Waals surface area contributed by atoms with Gasteiger partial charge in [0.25, 0.3) is 0 Å². The molecule has 2 aliphatic rings. The molecule has 1 aromatic rings. The molecule has 3 heteroatoms. The number of benzene rings is 1. The number of hydrogen-bond acceptors (Lipinski definition) is 2. The van der Waals surface area contributed by atoms with Gasteiger partial charge in [0.2, 0.25) is 5.91 Å². The van der Waals surface area contributed by atoms with Gasteiger partial charge in [-0.15, -0.1) is 0 Å². The van der Waals surface area contributed by atoms with E-state index in [1.54, 1.807) is 0 Å². The first-order valence-corrected chi connectivity index (χ1v) is 7.34. The van der Waals surface area contributed by atoms with Crippen molar-refractivity contribution in [3.05, 3.63) is 29.8 Å². The zero-order valence-corrected chi connectivity index (χ0v) is 11.5. The maximum Gasteiger partial charge on any atom is 0.228 e. The highest BCUT2D eigenvalue weighted by Gasteiger charge is 2.57. The SMILES string of the molecule is CCc1cccc(NC(=O)C2CC23CCNCC3)c1. The van der Waals surface area contributed by atoms with Gasteiger partial charge in [0, 0.05) is 11.6 Å². The van der Waals surface area contributed by atoms with E-state index < -0.39 is 0 Å². The first-order valence-electron chi connectivity index (χ1n) is 7.34. The quantitative estimate of drug-likeness (QED) is 0.875. The molecule has 1 aliphatic heterocycles. The maximum atomic E-state index is 12.3. The summed E-state index contributed by atoms with van der Waals surface area (Å²) in [4.78, 5) is 12.3. The van der Waals surface area contributed by atoms with Crippen LogP contribution in [0.25, 0.3) is 0 Å². The predicted molar refractivity (Wildman–Crippen MR) is 77.1 cm³/mol. The first-order chi connectivity index (χ1) is 9.23. The zero-order chi connectivity index (χ0) is 13.3. The molecule has 2 N–H and O–H groups in total. The molecule has 1 atom stereocenters. The molecule has 1 aliphatic carbocycles. The summed E-state index contributed by atoms with van der Waals surface area (Å²) < 4.78 is 0. The molecular weight excluding hydrogens is 236 g/mol. The fourth-order valence-corrected chi connectivity index (χ4v) is 3.29. The second-order valence-electron chi connectivity index (χ2n) is 5.91. The fourth-order valence-electron chi connectivity index (χ4n) is 3.29. The third-order valence-corrected chi connectivity index (χ3v) is 4.71. The summed E-state index contributed by atoms with van der Waals surface area (Å²) >= 11 is 0. The normalized spacial score (nSPS) is 24.2. The summed E-state index contributed by atoms with van der Waals surface area (Å²) in [5, 5.41) is 6.46. The van der Waals surface area contributed by atoms with Crippen LogP contribution in [0.3, 0.4) is 0 Å². The molecular formula is C16H22N2O. The highest BCUT2D eigenvalue weighted by molar-refractivity contribution is 5.95. The second kappa shape index (κ2) is 4.97. The van der Waals surface area contributed by atoms with Gasteiger partial charge in [0.05, 0.1) is 0 Å². The van der Waals surface area contributed by atoms with Crippen LogP contribution in [0.4, 0.5) is 5.69 Å². The molecule has 1 amide bonds. The molecule has 1 aromatic carbocycles. The summed E-state index contributed by atoms with van der Waals surface area (Å²) in [6.45, 7) is 4.26. The van der Waals surface area contributed by atoms with E-state index in [1.807, 2.05) is 12.1 Å². The molecule has 1 unspecified atom stereocenters. The molecule has 1 spiro atoms. The van der Waals surface area contributed by atoms with Gasteiger partial charge in [-0.2, -0.15) is 0 Å². The standard InChI is InChI=1S/C16H22N2O/c1-2-12-4-3-5-13(10-12)18-15(19)14-11-16(14)6-8-17-9-7-16/h3-5,10,14,17H,2,6-9,11H2,1H3,(H,18,19). The van der Waals surface area contributed by atoms with Crippen molar-refractivity contribution in [3.63, 3.8) is 0 Å². The van der Waals surface area contributed by atoms with Gasteiger partial charge < -0.3 is 10.6 Å². The van der Waals surface area contributed by atoms with Crippen LogP contribution in [0.15, 0.2) is 24.3 Å². The van der Waals surface area contributed by atoms with Gasteiger partial charge in [-0.1, -0.05) is 19.1 Å². The number of amides is 1. The van der Waals surface area contributed by atoms with Crippen LogP contribution in [0, 0.1) is 11.3 Å². The van der Waals surface area contributed by atoms with Crippen LogP contribution in [-0.4, -0.2) is 19.0 Å². The smallest absolute Gasteiger partial charge is 0.228 e. The van der Waals surface area contributed by atoms with Crippen molar-refractivity contribution in [2.45, 2.75) is 32.6 Å². The average Bonchev–Trinajstić information content (AvgIpc) is 3.13. The minimum absolute atomic E-state index is 0.218. The third-order valence-electron chi connectivity index (χ3n) is 4.71. The summed E-state index contributed by atoms with van der Waals surface area (Å²) in [5.41, 5.74) is 2.53. The van der Waals surface area contributed by atoms with E-state index in [2.05, 4.69) is 29.7 Å². The molecule has 1 saturated heterocycles. The van der Waals surface area contributed by atoms with Gasteiger partial charge in [-0.3, -0.25) is 4.79 Å². The lowest BCUT2D eigenvalue weighted by molar-refractivity contribution is -0.118. The third kappa shape index (κ3) is 2.52. The predicted octanol–water partition coefficient (Wildman–Crippen LogP) is 2.58. The van der Waals surface area contributed by atoms with Gasteiger partial charge in [-0.25, -0.2) is 0 Å². The van der Waals surface area contributed by atoms with Crippen molar-refractivity contribution in [1.82, 2.24) is 5.32 Å². The Hall–Kier alpha value is -1.35. The van der Waals surface area contributed by atoms with Crippen LogP contribution in [0.1, 0.15) is 31.7 Å². The van der Waals surface area contributed by atoms with E-state index in [1.165, 1.54) is 5.56 Å². The van der Waals surface area contributed by atoms with Crippen molar-refractivity contribution in [2.75, 3.05) is 18.4 Å². The number of piperidine rings is 1. The lowest BCUT2D eigenvalue weighted by Crippen LogP contribution is -2.31. The zero-order valence-electron chi connectivity index (χ0n) is 11.5. The minimum Gasteiger partial charge on any atom is -0.326 e. The van der Waals surface area contributed by atoms with E-state index in [0.29, 0.717) is 5.41 Å². The Kier molecular flexibility index (Phi) is 3.31. The Bertz CT molecular complexity index is 477. The lowest BCUT2D eigenvalue weighted by Gasteiger charge is -2.23. The van der Waals surface area contributed by atoms with Crippen molar-refractivity contribution >= 4 is 11.6 Å². The van der Waals surface area contributed by atoms with E-state index >= 15 is 0 Å². The molecule has 1 saturated carbocycles. The number of carbonyl (C=O) groups excluding carboxylic acids is 1. The van der Waals surface area contributed by atoms with Crippen molar-refractivity contribution in [2.24, 2.45) is 11.3 Å². The van der Waals surface area contributed by atoms with Crippen LogP contribution in [0.2, 0.25) is 0 Å². The summed E-state index contributed by atoms with van der Waals surface area (Å²) in [5.74, 6) is 0.454. The number of anilines is 1. The summed E-state index contributed by atoms with van der Waals surface area (Å²) in [6, 6.07) is 8.17. The Balaban J connectivity index is 1.63.